The van der Waals surface area contributed by atoms with Crippen LogP contribution in [0.1, 0.15) is 22.8 Å². The Morgan fingerprint density at radius 1 is 0.969 bits per heavy atom. The maximum absolute atomic E-state index is 13.1. The fourth-order valence-corrected chi connectivity index (χ4v) is 3.43. The first-order valence-electron chi connectivity index (χ1n) is 9.88. The smallest absolute Gasteiger partial charge is 0.272 e. The van der Waals surface area contributed by atoms with Gasteiger partial charge in [-0.25, -0.2) is 10.4 Å². The molecule has 0 fully saturated rings. The number of hydrogen-bond acceptors (Lipinski definition) is 6. The summed E-state index contributed by atoms with van der Waals surface area (Å²) in [6.45, 7) is 1.62. The second-order valence-electron chi connectivity index (χ2n) is 7.11. The Labute approximate surface area is 184 Å². The Hall–Kier alpha value is -4.39. The molecule has 7 nitrogen and oxygen atoms in total. The average Bonchev–Trinajstić information content (AvgIpc) is 2.83. The molecule has 4 rings (SSSR count). The Morgan fingerprint density at radius 3 is 2.53 bits per heavy atom. The van der Waals surface area contributed by atoms with Gasteiger partial charge in [0, 0.05) is 16.5 Å². The number of hydrazone groups is 1. The van der Waals surface area contributed by atoms with Crippen LogP contribution in [0.25, 0.3) is 22.2 Å². The van der Waals surface area contributed by atoms with Gasteiger partial charge in [-0.15, -0.1) is 0 Å². The number of hydrogen-bond donors (Lipinski definition) is 3. The molecular weight excluding hydrogens is 406 g/mol. The molecule has 0 atom stereocenters. The lowest BCUT2D eigenvalue weighted by atomic mass is 10.0. The molecule has 3 N–H and O–H groups in total. The number of pyridine rings is 1. The first-order valence-corrected chi connectivity index (χ1v) is 9.88. The molecule has 0 bridgehead atoms. The number of amides is 1. The van der Waals surface area contributed by atoms with Crippen LogP contribution in [0.4, 0.5) is 0 Å². The highest BCUT2D eigenvalue weighted by molar-refractivity contribution is 6.08. The summed E-state index contributed by atoms with van der Waals surface area (Å²) in [6, 6.07) is 20.6. The second kappa shape index (κ2) is 8.77. The monoisotopic (exact) mass is 427 g/mol. The van der Waals surface area contributed by atoms with E-state index >= 15 is 0 Å². The van der Waals surface area contributed by atoms with Gasteiger partial charge in [0.15, 0.2) is 0 Å². The Morgan fingerprint density at radius 2 is 1.72 bits per heavy atom. The van der Waals surface area contributed by atoms with Gasteiger partial charge in [-0.2, -0.15) is 5.10 Å². The minimum atomic E-state index is -0.432. The van der Waals surface area contributed by atoms with E-state index in [-0.39, 0.29) is 11.5 Å². The van der Waals surface area contributed by atoms with Crippen LogP contribution in [0.15, 0.2) is 77.9 Å². The third-order valence-electron chi connectivity index (χ3n) is 5.04. The Bertz CT molecular complexity index is 1350. The molecule has 32 heavy (non-hydrogen) atoms. The van der Waals surface area contributed by atoms with Gasteiger partial charge in [0.1, 0.15) is 17.2 Å². The molecule has 0 unspecified atom stereocenters. The standard InChI is InChI=1S/C25H21N3O4/c1-15(19-13-16(29)11-12-23(19)30)27-28-25(31)20-14-22(18-8-4-6-10-24(18)32-2)26-21-9-5-3-7-17(20)21/h3-14,29-30H,1-2H3,(H,28,31)/b27-15+. The average molecular weight is 427 g/mol. The molecular formula is C25H21N3O4. The molecule has 0 saturated carbocycles. The number of phenolic OH excluding ortho intramolecular Hbond substituents is 2. The normalized spacial score (nSPS) is 11.4. The van der Waals surface area contributed by atoms with Crippen molar-refractivity contribution < 1.29 is 19.7 Å². The van der Waals surface area contributed by atoms with Crippen molar-refractivity contribution in [1.82, 2.24) is 10.4 Å². The molecule has 7 heteroatoms. The van der Waals surface area contributed by atoms with E-state index in [2.05, 4.69) is 10.5 Å². The first kappa shape index (κ1) is 20.9. The molecule has 3 aromatic carbocycles. The number of phenols is 2. The lowest BCUT2D eigenvalue weighted by molar-refractivity contribution is 0.0956. The number of nitrogens with zero attached hydrogens (tertiary/aromatic N) is 2. The van der Waals surface area contributed by atoms with Crippen LogP contribution in [-0.2, 0) is 0 Å². The maximum Gasteiger partial charge on any atom is 0.272 e. The summed E-state index contributed by atoms with van der Waals surface area (Å²) in [5, 5.41) is 24.5. The zero-order valence-electron chi connectivity index (χ0n) is 17.5. The minimum Gasteiger partial charge on any atom is -0.508 e. The van der Waals surface area contributed by atoms with Crippen molar-refractivity contribution in [2.75, 3.05) is 7.11 Å². The molecule has 0 saturated heterocycles. The van der Waals surface area contributed by atoms with E-state index in [4.69, 9.17) is 9.72 Å². The SMILES string of the molecule is COc1ccccc1-c1cc(C(=O)N/N=C(\C)c2cc(O)ccc2O)c2ccccc2n1. The van der Waals surface area contributed by atoms with Gasteiger partial charge in [0.05, 0.1) is 29.6 Å². The van der Waals surface area contributed by atoms with Crippen molar-refractivity contribution in [2.45, 2.75) is 6.92 Å². The fourth-order valence-electron chi connectivity index (χ4n) is 3.43. The predicted octanol–water partition coefficient (Wildman–Crippen LogP) is 4.48. The minimum absolute atomic E-state index is 0.0137. The van der Waals surface area contributed by atoms with Gasteiger partial charge in [0.2, 0.25) is 0 Å². The Balaban J connectivity index is 1.75. The van der Waals surface area contributed by atoms with Crippen LogP contribution in [-0.4, -0.2) is 33.9 Å². The number of benzene rings is 3. The largest absolute Gasteiger partial charge is 0.508 e. The lowest BCUT2D eigenvalue weighted by Gasteiger charge is -2.12. The summed E-state index contributed by atoms with van der Waals surface area (Å²) in [4.78, 5) is 17.8. The topological polar surface area (TPSA) is 104 Å². The zero-order chi connectivity index (χ0) is 22.7. The van der Waals surface area contributed by atoms with Crippen molar-refractivity contribution in [2.24, 2.45) is 5.10 Å². The van der Waals surface area contributed by atoms with Crippen LogP contribution < -0.4 is 10.2 Å². The molecule has 1 aromatic heterocycles. The summed E-state index contributed by atoms with van der Waals surface area (Å²) in [7, 11) is 1.59. The molecule has 160 valence electrons. The number of aromatic hydroxyl groups is 2. The Kier molecular flexibility index (Phi) is 5.72. The first-order chi connectivity index (χ1) is 15.5. The van der Waals surface area contributed by atoms with Crippen LogP contribution in [0.5, 0.6) is 17.2 Å². The third-order valence-corrected chi connectivity index (χ3v) is 5.04. The van der Waals surface area contributed by atoms with Crippen molar-refractivity contribution in [3.8, 4) is 28.5 Å². The van der Waals surface area contributed by atoms with Crippen molar-refractivity contribution >= 4 is 22.5 Å². The summed E-state index contributed by atoms with van der Waals surface area (Å²) in [6.07, 6.45) is 0. The van der Waals surface area contributed by atoms with E-state index in [1.807, 2.05) is 48.5 Å². The number of fused-ring (bicyclic) bond motifs is 1. The molecule has 0 aliphatic rings. The number of methoxy groups -OCH3 is 1. The molecule has 1 heterocycles. The van der Waals surface area contributed by atoms with Crippen molar-refractivity contribution in [3.05, 3.63) is 83.9 Å². The van der Waals surface area contributed by atoms with Gasteiger partial charge in [-0.1, -0.05) is 30.3 Å². The lowest BCUT2D eigenvalue weighted by Crippen LogP contribution is -2.20. The van der Waals surface area contributed by atoms with E-state index in [9.17, 15) is 15.0 Å². The maximum atomic E-state index is 13.1. The number of carbonyl (C=O) groups excluding carboxylic acids is 1. The second-order valence-corrected chi connectivity index (χ2v) is 7.11. The predicted molar refractivity (Wildman–Crippen MR) is 123 cm³/mol. The molecule has 0 aliphatic carbocycles. The number of rotatable bonds is 5. The number of ether oxygens (including phenoxy) is 1. The van der Waals surface area contributed by atoms with E-state index in [0.717, 1.165) is 5.56 Å². The number of para-hydroxylation sites is 2. The van der Waals surface area contributed by atoms with E-state index in [0.29, 0.717) is 39.2 Å². The summed E-state index contributed by atoms with van der Waals surface area (Å²) >= 11 is 0. The summed E-state index contributed by atoms with van der Waals surface area (Å²) < 4.78 is 5.45. The third kappa shape index (κ3) is 4.09. The van der Waals surface area contributed by atoms with Gasteiger partial charge < -0.3 is 14.9 Å². The molecule has 0 aliphatic heterocycles. The number of nitrogens with one attached hydrogen (secondary N) is 1. The summed E-state index contributed by atoms with van der Waals surface area (Å²) in [5.74, 6) is 0.153. The van der Waals surface area contributed by atoms with Crippen LogP contribution in [0.2, 0.25) is 0 Å². The van der Waals surface area contributed by atoms with Gasteiger partial charge in [-0.05, 0) is 49.4 Å². The van der Waals surface area contributed by atoms with Crippen molar-refractivity contribution in [1.29, 1.82) is 0 Å². The van der Waals surface area contributed by atoms with E-state index in [1.165, 1.54) is 18.2 Å². The highest BCUT2D eigenvalue weighted by Gasteiger charge is 2.16. The fraction of sp³-hybridized carbons (Fsp3) is 0.0800. The molecule has 1 amide bonds. The van der Waals surface area contributed by atoms with E-state index < -0.39 is 5.91 Å². The zero-order valence-corrected chi connectivity index (χ0v) is 17.5. The number of carbonyl (C=O) groups is 1. The highest BCUT2D eigenvalue weighted by Crippen LogP contribution is 2.31. The highest BCUT2D eigenvalue weighted by atomic mass is 16.5. The van der Waals surface area contributed by atoms with Gasteiger partial charge in [-0.3, -0.25) is 4.79 Å². The van der Waals surface area contributed by atoms with Gasteiger partial charge >= 0.3 is 0 Å². The molecule has 0 radical (unpaired) electrons. The number of aromatic nitrogens is 1. The van der Waals surface area contributed by atoms with Gasteiger partial charge in [0.25, 0.3) is 5.91 Å². The van der Waals surface area contributed by atoms with E-state index in [1.54, 1.807) is 20.1 Å². The quantitative estimate of drug-likeness (QED) is 0.248. The molecule has 0 spiro atoms. The van der Waals surface area contributed by atoms with Crippen LogP contribution in [0, 0.1) is 0 Å². The molecule has 4 aromatic rings. The van der Waals surface area contributed by atoms with Crippen molar-refractivity contribution in [3.63, 3.8) is 0 Å². The summed E-state index contributed by atoms with van der Waals surface area (Å²) in [5.41, 5.74) is 5.62. The van der Waals surface area contributed by atoms with Crippen LogP contribution in [0.3, 0.4) is 0 Å². The van der Waals surface area contributed by atoms with Crippen LogP contribution >= 0.6 is 0 Å².